The molecule has 1 aliphatic carbocycles. The van der Waals surface area contributed by atoms with E-state index in [9.17, 15) is 4.79 Å². The molecule has 0 saturated carbocycles. The smallest absolute Gasteiger partial charge is 0.407 e. The van der Waals surface area contributed by atoms with Crippen LogP contribution in [0.25, 0.3) is 0 Å². The molecule has 230 valence electrons. The molecule has 3 aromatic rings. The largest absolute Gasteiger partial charge is 0.442 e. The monoisotopic (exact) mass is 592 g/mol. The van der Waals surface area contributed by atoms with Crippen molar-refractivity contribution < 1.29 is 9.53 Å². The topological polar surface area (TPSA) is 86.4 Å². The highest BCUT2D eigenvalue weighted by Gasteiger charge is 2.49. The van der Waals surface area contributed by atoms with Crippen molar-refractivity contribution in [2.75, 3.05) is 44.7 Å². The zero-order chi connectivity index (χ0) is 30.5. The molecule has 3 heterocycles. The van der Waals surface area contributed by atoms with Gasteiger partial charge in [0.15, 0.2) is 0 Å². The van der Waals surface area contributed by atoms with Crippen LogP contribution in [0.2, 0.25) is 0 Å². The van der Waals surface area contributed by atoms with Gasteiger partial charge in [0.2, 0.25) is 0 Å². The second kappa shape index (κ2) is 13.3. The lowest BCUT2D eigenvalue weighted by atomic mass is 9.61. The lowest BCUT2D eigenvalue weighted by Crippen LogP contribution is -2.54. The number of alkyl carbamates (subject to hydrolysis) is 1. The Labute approximate surface area is 261 Å². The van der Waals surface area contributed by atoms with Gasteiger partial charge in [-0.05, 0) is 80.1 Å². The fraction of sp³-hybridized carbons (Fsp3) is 0.472. The van der Waals surface area contributed by atoms with Crippen LogP contribution in [0.3, 0.4) is 0 Å². The highest BCUT2D eigenvalue weighted by atomic mass is 16.6. The van der Waals surface area contributed by atoms with Gasteiger partial charge in [-0.1, -0.05) is 43.3 Å². The SMILES string of the molecule is CCc1nccn1CC(C1=CCC[C@@H]1OC(=O)NC)(c1ccccc1)C1CCN(CC2CN(c3ccc(C#N)cc3)C2)CC1. The maximum absolute atomic E-state index is 12.5. The number of allylic oxidation sites excluding steroid dienone is 1. The molecule has 1 aromatic heterocycles. The van der Waals surface area contributed by atoms with Crippen molar-refractivity contribution in [2.24, 2.45) is 11.8 Å². The summed E-state index contributed by atoms with van der Waals surface area (Å²) in [5.41, 5.74) is 4.15. The van der Waals surface area contributed by atoms with Crippen molar-refractivity contribution in [3.05, 3.63) is 95.6 Å². The third kappa shape index (κ3) is 5.98. The van der Waals surface area contributed by atoms with Gasteiger partial charge in [-0.25, -0.2) is 9.78 Å². The van der Waals surface area contributed by atoms with Gasteiger partial charge in [-0.3, -0.25) is 0 Å². The van der Waals surface area contributed by atoms with E-state index in [4.69, 9.17) is 10.00 Å². The maximum Gasteiger partial charge on any atom is 0.407 e. The molecule has 8 heteroatoms. The Kier molecular flexibility index (Phi) is 9.04. The fourth-order valence-corrected chi connectivity index (χ4v) is 7.83. The summed E-state index contributed by atoms with van der Waals surface area (Å²) in [5.74, 6) is 2.13. The van der Waals surface area contributed by atoms with Gasteiger partial charge in [0.1, 0.15) is 11.9 Å². The Morgan fingerprint density at radius 2 is 1.84 bits per heavy atom. The molecular weight excluding hydrogens is 548 g/mol. The van der Waals surface area contributed by atoms with E-state index in [1.807, 2.05) is 18.3 Å². The molecule has 2 fully saturated rings. The molecule has 3 aliphatic rings. The van der Waals surface area contributed by atoms with E-state index in [1.165, 1.54) is 16.8 Å². The van der Waals surface area contributed by atoms with Gasteiger partial charge in [-0.15, -0.1) is 0 Å². The van der Waals surface area contributed by atoms with Crippen molar-refractivity contribution in [3.63, 3.8) is 0 Å². The van der Waals surface area contributed by atoms with E-state index in [1.54, 1.807) is 7.05 Å². The second-order valence-corrected chi connectivity index (χ2v) is 12.5. The molecule has 2 aromatic carbocycles. The molecule has 0 bridgehead atoms. The molecule has 1 unspecified atom stereocenters. The van der Waals surface area contributed by atoms with E-state index in [2.05, 4.69) is 92.4 Å². The van der Waals surface area contributed by atoms with Gasteiger partial charge in [-0.2, -0.15) is 5.26 Å². The molecule has 2 atom stereocenters. The zero-order valence-corrected chi connectivity index (χ0v) is 26.0. The average molecular weight is 593 g/mol. The number of hydrogen-bond donors (Lipinski definition) is 1. The van der Waals surface area contributed by atoms with Gasteiger partial charge in [0.05, 0.1) is 11.6 Å². The molecular formula is C36H44N6O2. The standard InChI is InChI=1S/C36H44N6O2/c1-3-34-39-18-21-41(34)26-36(29-8-5-4-6-9-29,32-10-7-11-33(32)44-35(43)38-2)30-16-19-40(20-17-30)23-28-24-42(25-28)31-14-12-27(22-37)13-15-31/h4-6,8-10,12-15,18,21,28,30,33H,3,7,11,16-17,19-20,23-26H2,1-2H3,(H,38,43)/t33-,36?/m0/s1. The number of imidazole rings is 1. The number of benzene rings is 2. The molecule has 0 radical (unpaired) electrons. The number of anilines is 1. The Hall–Kier alpha value is -4.09. The Morgan fingerprint density at radius 3 is 2.52 bits per heavy atom. The number of piperidine rings is 1. The van der Waals surface area contributed by atoms with Crippen LogP contribution in [-0.4, -0.2) is 66.4 Å². The first-order chi connectivity index (χ1) is 21.5. The van der Waals surface area contributed by atoms with Crippen molar-refractivity contribution in [2.45, 2.75) is 57.1 Å². The Bertz CT molecular complexity index is 1480. The number of ether oxygens (including phenoxy) is 1. The number of aryl methyl sites for hydroxylation is 1. The van der Waals surface area contributed by atoms with E-state index in [0.717, 1.165) is 77.2 Å². The van der Waals surface area contributed by atoms with Crippen LogP contribution in [-0.2, 0) is 23.1 Å². The third-order valence-electron chi connectivity index (χ3n) is 10.1. The lowest BCUT2D eigenvalue weighted by Gasteiger charge is -2.49. The molecule has 6 rings (SSSR count). The molecule has 0 spiro atoms. The summed E-state index contributed by atoms with van der Waals surface area (Å²) >= 11 is 0. The van der Waals surface area contributed by atoms with E-state index in [0.29, 0.717) is 17.4 Å². The predicted octanol–water partition coefficient (Wildman–Crippen LogP) is 5.55. The number of hydrogen-bond acceptors (Lipinski definition) is 6. The van der Waals surface area contributed by atoms with Crippen molar-refractivity contribution in [1.29, 1.82) is 5.26 Å². The predicted molar refractivity (Wildman–Crippen MR) is 172 cm³/mol. The number of aromatic nitrogens is 2. The quantitative estimate of drug-likeness (QED) is 0.311. The fourth-order valence-electron chi connectivity index (χ4n) is 7.83. The highest BCUT2D eigenvalue weighted by molar-refractivity contribution is 5.67. The summed E-state index contributed by atoms with van der Waals surface area (Å²) in [6, 6.07) is 21.1. The summed E-state index contributed by atoms with van der Waals surface area (Å²) in [5, 5.41) is 11.8. The van der Waals surface area contributed by atoms with Crippen LogP contribution >= 0.6 is 0 Å². The third-order valence-corrected chi connectivity index (χ3v) is 10.1. The molecule has 2 saturated heterocycles. The molecule has 1 N–H and O–H groups in total. The normalized spacial score (nSPS) is 20.8. The molecule has 44 heavy (non-hydrogen) atoms. The molecule has 8 nitrogen and oxygen atoms in total. The number of nitrogens with zero attached hydrogens (tertiary/aromatic N) is 5. The first kappa shape index (κ1) is 30.0. The number of nitrogens with one attached hydrogen (secondary N) is 1. The minimum absolute atomic E-state index is 0.245. The van der Waals surface area contributed by atoms with Crippen molar-refractivity contribution in [1.82, 2.24) is 19.8 Å². The Balaban J connectivity index is 1.22. The first-order valence-corrected chi connectivity index (χ1v) is 16.2. The minimum Gasteiger partial charge on any atom is -0.442 e. The highest BCUT2D eigenvalue weighted by Crippen LogP contribution is 2.50. The number of carbonyl (C=O) groups excluding carboxylic acids is 1. The Morgan fingerprint density at radius 1 is 1.09 bits per heavy atom. The summed E-state index contributed by atoms with van der Waals surface area (Å²) in [4.78, 5) is 22.2. The van der Waals surface area contributed by atoms with Gasteiger partial charge < -0.3 is 24.4 Å². The number of carbonyl (C=O) groups is 1. The molecule has 1 amide bonds. The molecule has 2 aliphatic heterocycles. The lowest BCUT2D eigenvalue weighted by molar-refractivity contribution is 0.0817. The second-order valence-electron chi connectivity index (χ2n) is 12.5. The van der Waals surface area contributed by atoms with Crippen LogP contribution in [0.4, 0.5) is 10.5 Å². The van der Waals surface area contributed by atoms with Gasteiger partial charge in [0.25, 0.3) is 0 Å². The minimum atomic E-state index is -0.369. The van der Waals surface area contributed by atoms with E-state index in [-0.39, 0.29) is 17.6 Å². The average Bonchev–Trinajstić information content (AvgIpc) is 3.71. The van der Waals surface area contributed by atoms with Gasteiger partial charge >= 0.3 is 6.09 Å². The van der Waals surface area contributed by atoms with Crippen LogP contribution in [0.5, 0.6) is 0 Å². The summed E-state index contributed by atoms with van der Waals surface area (Å²) in [7, 11) is 1.63. The number of likely N-dealkylation sites (tertiary alicyclic amines) is 1. The summed E-state index contributed by atoms with van der Waals surface area (Å²) in [6.07, 6.45) is 10.5. The van der Waals surface area contributed by atoms with E-state index < -0.39 is 0 Å². The van der Waals surface area contributed by atoms with Crippen molar-refractivity contribution >= 4 is 11.8 Å². The van der Waals surface area contributed by atoms with Crippen LogP contribution in [0.1, 0.15) is 49.6 Å². The van der Waals surface area contributed by atoms with E-state index >= 15 is 0 Å². The number of amides is 1. The first-order valence-electron chi connectivity index (χ1n) is 16.2. The van der Waals surface area contributed by atoms with Crippen LogP contribution in [0, 0.1) is 23.2 Å². The van der Waals surface area contributed by atoms with Crippen molar-refractivity contribution in [3.8, 4) is 6.07 Å². The summed E-state index contributed by atoms with van der Waals surface area (Å²) < 4.78 is 8.38. The maximum atomic E-state index is 12.5. The number of rotatable bonds is 10. The number of nitriles is 1. The van der Waals surface area contributed by atoms with Crippen LogP contribution in [0.15, 0.2) is 78.6 Å². The zero-order valence-electron chi connectivity index (χ0n) is 26.0. The van der Waals surface area contributed by atoms with Crippen LogP contribution < -0.4 is 10.2 Å². The van der Waals surface area contributed by atoms with Gasteiger partial charge in [0, 0.05) is 69.1 Å². The summed E-state index contributed by atoms with van der Waals surface area (Å²) in [6.45, 7) is 8.31.